The first-order valence-electron chi connectivity index (χ1n) is 10.1. The molecular weight excluding hydrogens is 354 g/mol. The average molecular weight is 381 g/mol. The van der Waals surface area contributed by atoms with Gasteiger partial charge in [0.25, 0.3) is 0 Å². The minimum atomic E-state index is -0.311. The zero-order valence-corrected chi connectivity index (χ0v) is 16.8. The first-order chi connectivity index (χ1) is 13.5. The zero-order valence-electron chi connectivity index (χ0n) is 16.8. The number of allylic oxidation sites excluding steroid dienone is 4. The van der Waals surface area contributed by atoms with Crippen LogP contribution < -0.4 is 14.8 Å². The topological polar surface area (TPSA) is 64.6 Å². The third-order valence-electron chi connectivity index (χ3n) is 5.68. The van der Waals surface area contributed by atoms with Crippen LogP contribution in [0, 0.1) is 0 Å². The van der Waals surface area contributed by atoms with E-state index in [1.165, 1.54) is 0 Å². The Morgan fingerprint density at radius 2 is 1.54 bits per heavy atom. The van der Waals surface area contributed by atoms with Gasteiger partial charge in [0.1, 0.15) is 0 Å². The highest BCUT2D eigenvalue weighted by Gasteiger charge is 2.40. The third-order valence-corrected chi connectivity index (χ3v) is 5.68. The van der Waals surface area contributed by atoms with Gasteiger partial charge in [-0.25, -0.2) is 0 Å². The van der Waals surface area contributed by atoms with Gasteiger partial charge in [0.2, 0.25) is 0 Å². The molecule has 0 bridgehead atoms. The van der Waals surface area contributed by atoms with Gasteiger partial charge in [0.15, 0.2) is 23.1 Å². The van der Waals surface area contributed by atoms with Crippen LogP contribution in [0.5, 0.6) is 11.5 Å². The highest BCUT2D eigenvalue weighted by Crippen LogP contribution is 2.46. The Labute approximate surface area is 165 Å². The third kappa shape index (κ3) is 3.23. The number of hydrogen-bond acceptors (Lipinski definition) is 5. The monoisotopic (exact) mass is 381 g/mol. The Morgan fingerprint density at radius 1 is 0.929 bits per heavy atom. The number of benzene rings is 1. The molecule has 1 aromatic carbocycles. The quantitative estimate of drug-likeness (QED) is 0.847. The zero-order chi connectivity index (χ0) is 19.8. The summed E-state index contributed by atoms with van der Waals surface area (Å²) in [5.74, 6) is 1.27. The van der Waals surface area contributed by atoms with Crippen LogP contribution in [0.3, 0.4) is 0 Å². The Balaban J connectivity index is 1.85. The number of dihydropyridines is 1. The van der Waals surface area contributed by atoms with E-state index in [1.54, 1.807) is 7.11 Å². The fourth-order valence-electron chi connectivity index (χ4n) is 4.53. The van der Waals surface area contributed by atoms with Crippen LogP contribution in [0.4, 0.5) is 0 Å². The van der Waals surface area contributed by atoms with Crippen molar-refractivity contribution in [2.75, 3.05) is 7.11 Å². The number of ketones is 2. The van der Waals surface area contributed by atoms with Gasteiger partial charge in [-0.05, 0) is 57.2 Å². The van der Waals surface area contributed by atoms with Crippen LogP contribution in [0.15, 0.2) is 40.7 Å². The molecule has 28 heavy (non-hydrogen) atoms. The van der Waals surface area contributed by atoms with Crippen LogP contribution in [0.25, 0.3) is 0 Å². The summed E-state index contributed by atoms with van der Waals surface area (Å²) in [7, 11) is 1.61. The molecule has 0 aromatic heterocycles. The fourth-order valence-corrected chi connectivity index (χ4v) is 4.53. The average Bonchev–Trinajstić information content (AvgIpc) is 2.67. The molecule has 0 saturated heterocycles. The number of Topliss-reactive ketones (excluding diaryl/α,β-unsaturated/α-hetero) is 2. The number of hydrogen-bond donors (Lipinski definition) is 1. The molecule has 1 N–H and O–H groups in total. The van der Waals surface area contributed by atoms with Gasteiger partial charge in [0, 0.05) is 41.3 Å². The van der Waals surface area contributed by atoms with E-state index in [2.05, 4.69) is 5.32 Å². The highest BCUT2D eigenvalue weighted by atomic mass is 16.5. The largest absolute Gasteiger partial charge is 0.493 e. The fraction of sp³-hybridized carbons (Fsp3) is 0.478. The summed E-state index contributed by atoms with van der Waals surface area (Å²) in [6, 6.07) is 5.78. The van der Waals surface area contributed by atoms with E-state index in [1.807, 2.05) is 32.0 Å². The van der Waals surface area contributed by atoms with Crippen LogP contribution in [-0.2, 0) is 9.59 Å². The predicted octanol–water partition coefficient (Wildman–Crippen LogP) is 4.18. The van der Waals surface area contributed by atoms with Crippen LogP contribution in [0.1, 0.15) is 63.9 Å². The summed E-state index contributed by atoms with van der Waals surface area (Å²) in [5.41, 5.74) is 4.44. The van der Waals surface area contributed by atoms with Crippen molar-refractivity contribution in [3.05, 3.63) is 46.3 Å². The van der Waals surface area contributed by atoms with Crippen molar-refractivity contribution in [3.63, 3.8) is 0 Å². The predicted molar refractivity (Wildman–Crippen MR) is 106 cm³/mol. The Morgan fingerprint density at radius 3 is 2.07 bits per heavy atom. The van der Waals surface area contributed by atoms with E-state index >= 15 is 0 Å². The lowest BCUT2D eigenvalue weighted by molar-refractivity contribution is -0.116. The summed E-state index contributed by atoms with van der Waals surface area (Å²) >= 11 is 0. The van der Waals surface area contributed by atoms with Crippen LogP contribution >= 0.6 is 0 Å². The first kappa shape index (κ1) is 18.8. The Hall–Kier alpha value is -2.56. The molecule has 0 unspecified atom stereocenters. The highest BCUT2D eigenvalue weighted by molar-refractivity contribution is 6.06. The number of carbonyl (C=O) groups is 2. The molecule has 0 fully saturated rings. The van der Waals surface area contributed by atoms with Crippen molar-refractivity contribution in [3.8, 4) is 11.5 Å². The second-order valence-corrected chi connectivity index (χ2v) is 7.97. The van der Waals surface area contributed by atoms with Gasteiger partial charge in [-0.3, -0.25) is 9.59 Å². The molecule has 0 atom stereocenters. The van der Waals surface area contributed by atoms with E-state index in [0.29, 0.717) is 24.3 Å². The van der Waals surface area contributed by atoms with Gasteiger partial charge in [-0.15, -0.1) is 0 Å². The lowest BCUT2D eigenvalue weighted by Crippen LogP contribution is -2.36. The van der Waals surface area contributed by atoms with Crippen molar-refractivity contribution in [2.24, 2.45) is 0 Å². The number of rotatable bonds is 4. The Bertz CT molecular complexity index is 852. The van der Waals surface area contributed by atoms with E-state index in [4.69, 9.17) is 9.47 Å². The number of methoxy groups -OCH3 is 1. The summed E-state index contributed by atoms with van der Waals surface area (Å²) in [6.45, 7) is 3.94. The molecule has 5 heteroatoms. The summed E-state index contributed by atoms with van der Waals surface area (Å²) in [4.78, 5) is 25.7. The molecular formula is C23H27NO4. The molecule has 1 heterocycles. The molecule has 1 aliphatic heterocycles. The molecule has 3 aliphatic rings. The van der Waals surface area contributed by atoms with Gasteiger partial charge < -0.3 is 14.8 Å². The van der Waals surface area contributed by atoms with Crippen LogP contribution in [0.2, 0.25) is 0 Å². The number of ether oxygens (including phenoxy) is 2. The maximum Gasteiger partial charge on any atom is 0.161 e. The molecule has 148 valence electrons. The van der Waals surface area contributed by atoms with Gasteiger partial charge in [-0.2, -0.15) is 0 Å². The number of nitrogens with one attached hydrogen (secondary N) is 1. The number of carbonyl (C=O) groups excluding carboxylic acids is 2. The summed E-state index contributed by atoms with van der Waals surface area (Å²) < 4.78 is 11.4. The van der Waals surface area contributed by atoms with E-state index in [9.17, 15) is 9.59 Å². The normalized spacial score (nSPS) is 20.1. The standard InChI is InChI=1S/C23H27NO4/c1-13(2)28-19-11-10-14(12-20(19)27-3)21-22-15(6-4-8-17(22)25)24-16-7-5-9-18(26)23(16)21/h10-13,21,24H,4-9H2,1-3H3. The van der Waals surface area contributed by atoms with Crippen molar-refractivity contribution in [1.29, 1.82) is 0 Å². The molecule has 1 aromatic rings. The second-order valence-electron chi connectivity index (χ2n) is 7.97. The lowest BCUT2D eigenvalue weighted by atomic mass is 9.71. The molecule has 5 nitrogen and oxygen atoms in total. The maximum absolute atomic E-state index is 12.9. The minimum absolute atomic E-state index is 0.0297. The Kier molecular flexibility index (Phi) is 5.00. The summed E-state index contributed by atoms with van der Waals surface area (Å²) in [5, 5.41) is 3.45. The molecule has 0 saturated carbocycles. The minimum Gasteiger partial charge on any atom is -0.493 e. The van der Waals surface area contributed by atoms with Crippen LogP contribution in [-0.4, -0.2) is 24.8 Å². The van der Waals surface area contributed by atoms with Gasteiger partial charge in [-0.1, -0.05) is 6.07 Å². The van der Waals surface area contributed by atoms with E-state index in [-0.39, 0.29) is 23.6 Å². The van der Waals surface area contributed by atoms with E-state index < -0.39 is 0 Å². The van der Waals surface area contributed by atoms with Crippen molar-refractivity contribution < 1.29 is 19.1 Å². The van der Waals surface area contributed by atoms with E-state index in [0.717, 1.165) is 53.8 Å². The summed E-state index contributed by atoms with van der Waals surface area (Å²) in [6.07, 6.45) is 4.54. The van der Waals surface area contributed by atoms with Gasteiger partial charge in [0.05, 0.1) is 13.2 Å². The van der Waals surface area contributed by atoms with Crippen molar-refractivity contribution in [2.45, 2.75) is 64.4 Å². The smallest absolute Gasteiger partial charge is 0.161 e. The van der Waals surface area contributed by atoms with Gasteiger partial charge >= 0.3 is 0 Å². The second kappa shape index (κ2) is 7.46. The molecule has 0 amide bonds. The first-order valence-corrected chi connectivity index (χ1v) is 10.1. The molecule has 2 aliphatic carbocycles. The molecule has 0 spiro atoms. The SMILES string of the molecule is COc1cc(C2C3=C(CCCC3=O)NC3=C2C(=O)CCC3)ccc1OC(C)C. The van der Waals surface area contributed by atoms with Crippen molar-refractivity contribution >= 4 is 11.6 Å². The molecule has 0 radical (unpaired) electrons. The lowest BCUT2D eigenvalue weighted by Gasteiger charge is -2.37. The van der Waals surface area contributed by atoms with Crippen molar-refractivity contribution in [1.82, 2.24) is 5.32 Å². The molecule has 4 rings (SSSR count). The maximum atomic E-state index is 12.9.